The second-order valence-corrected chi connectivity index (χ2v) is 8.17. The highest BCUT2D eigenvalue weighted by molar-refractivity contribution is 6.00. The summed E-state index contributed by atoms with van der Waals surface area (Å²) >= 11 is 0. The van der Waals surface area contributed by atoms with Gasteiger partial charge in [-0.25, -0.2) is 9.97 Å². The molecule has 1 saturated carbocycles. The molecule has 4 heterocycles. The number of aromatic nitrogens is 3. The minimum Gasteiger partial charge on any atom is -0.342 e. The fourth-order valence-electron chi connectivity index (χ4n) is 5.14. The van der Waals surface area contributed by atoms with E-state index >= 15 is 0 Å². The maximum Gasteiger partial charge on any atom is 0.286 e. The molecule has 5 nitrogen and oxygen atoms in total. The molecule has 0 radical (unpaired) electrons. The van der Waals surface area contributed by atoms with Gasteiger partial charge in [0.25, 0.3) is 5.65 Å². The van der Waals surface area contributed by atoms with E-state index in [1.807, 2.05) is 18.6 Å². The predicted octanol–water partition coefficient (Wildman–Crippen LogP) is 3.12. The summed E-state index contributed by atoms with van der Waals surface area (Å²) in [6, 6.07) is 4.98. The maximum absolute atomic E-state index is 12.5. The van der Waals surface area contributed by atoms with Crippen molar-refractivity contribution in [1.82, 2.24) is 14.5 Å². The third-order valence-corrected chi connectivity index (χ3v) is 6.68. The van der Waals surface area contributed by atoms with Crippen LogP contribution in [0.4, 0.5) is 0 Å². The molecule has 3 aromatic rings. The summed E-state index contributed by atoms with van der Waals surface area (Å²) in [4.78, 5) is 21.7. The number of likely N-dealkylation sites (tertiary alicyclic amines) is 1. The van der Waals surface area contributed by atoms with Crippen LogP contribution in [0.25, 0.3) is 21.9 Å². The van der Waals surface area contributed by atoms with E-state index in [-0.39, 0.29) is 5.43 Å². The third kappa shape index (κ3) is 2.49. The lowest BCUT2D eigenvalue weighted by Gasteiger charge is -2.41. The highest BCUT2D eigenvalue weighted by Gasteiger charge is 2.33. The molecular formula is C21H27N4O+. The molecule has 0 amide bonds. The normalized spacial score (nSPS) is 25.4. The second kappa shape index (κ2) is 6.23. The van der Waals surface area contributed by atoms with Crippen molar-refractivity contribution in [2.75, 3.05) is 13.1 Å². The quantitative estimate of drug-likeness (QED) is 0.771. The topological polar surface area (TPSA) is 55.2 Å². The molecular weight excluding hydrogens is 324 g/mol. The average molecular weight is 351 g/mol. The molecule has 0 unspecified atom stereocenters. The number of aromatic amines is 2. The van der Waals surface area contributed by atoms with E-state index in [1.165, 1.54) is 38.6 Å². The summed E-state index contributed by atoms with van der Waals surface area (Å²) in [5, 5.41) is 1.88. The van der Waals surface area contributed by atoms with Crippen molar-refractivity contribution in [1.29, 1.82) is 0 Å². The number of hydrogen-bond acceptors (Lipinski definition) is 2. The average Bonchev–Trinajstić information content (AvgIpc) is 3.34. The van der Waals surface area contributed by atoms with Crippen molar-refractivity contribution in [2.45, 2.75) is 51.1 Å². The summed E-state index contributed by atoms with van der Waals surface area (Å²) in [6.07, 6.45) is 12.5. The van der Waals surface area contributed by atoms with Crippen LogP contribution in [-0.2, 0) is 0 Å². The first-order valence-corrected chi connectivity index (χ1v) is 9.99. The molecule has 2 fully saturated rings. The fraction of sp³-hybridized carbons (Fsp3) is 0.524. The zero-order valence-electron chi connectivity index (χ0n) is 15.4. The summed E-state index contributed by atoms with van der Waals surface area (Å²) in [6.45, 7) is 4.67. The Bertz CT molecular complexity index is 998. The highest BCUT2D eigenvalue weighted by atomic mass is 16.1. The Morgan fingerprint density at radius 2 is 2.00 bits per heavy atom. The molecule has 1 saturated heterocycles. The van der Waals surface area contributed by atoms with Gasteiger partial charge in [-0.15, -0.1) is 0 Å². The molecule has 2 N–H and O–H groups in total. The number of fused-ring (bicyclic) bond motifs is 3. The number of rotatable bonds is 2. The van der Waals surface area contributed by atoms with Crippen LogP contribution in [-0.4, -0.2) is 33.6 Å². The summed E-state index contributed by atoms with van der Waals surface area (Å²) in [7, 11) is 0. The zero-order valence-corrected chi connectivity index (χ0v) is 15.4. The van der Waals surface area contributed by atoms with Gasteiger partial charge in [0.05, 0.1) is 22.5 Å². The van der Waals surface area contributed by atoms with Crippen LogP contribution in [0.2, 0.25) is 0 Å². The SMILES string of the molecule is C[C@@H]1CCN(C2CCCC2)C[C@@H]1n1ccc(=O)c2c[nH+]c3[nH]ccc3c21. The molecule has 1 aliphatic carbocycles. The van der Waals surface area contributed by atoms with E-state index in [1.54, 1.807) is 6.07 Å². The van der Waals surface area contributed by atoms with Crippen molar-refractivity contribution >= 4 is 21.9 Å². The van der Waals surface area contributed by atoms with Crippen molar-refractivity contribution < 1.29 is 4.98 Å². The lowest BCUT2D eigenvalue weighted by molar-refractivity contribution is -0.345. The monoisotopic (exact) mass is 351 g/mol. The number of nitrogens with zero attached hydrogens (tertiary/aromatic N) is 2. The first-order valence-electron chi connectivity index (χ1n) is 9.99. The molecule has 0 aromatic carbocycles. The van der Waals surface area contributed by atoms with E-state index in [0.29, 0.717) is 12.0 Å². The number of hydrogen-bond donors (Lipinski definition) is 1. The number of piperidine rings is 1. The minimum atomic E-state index is 0.0895. The van der Waals surface area contributed by atoms with Crippen LogP contribution in [0, 0.1) is 5.92 Å². The van der Waals surface area contributed by atoms with E-state index < -0.39 is 0 Å². The smallest absolute Gasteiger partial charge is 0.286 e. The standard InChI is InChI=1S/C21H26N4O/c1-14-7-10-24(15-4-2-3-5-15)13-18(14)25-11-8-19(26)17-12-23-21-16(20(17)25)6-9-22-21/h6,8-9,11-12,14-15,18H,2-5,7,10,13H2,1H3,(H,22,23)/p+1/t14-,18+/m1/s1. The van der Waals surface area contributed by atoms with E-state index in [2.05, 4.69) is 32.4 Å². The number of nitrogens with one attached hydrogen (secondary N) is 2. The second-order valence-electron chi connectivity index (χ2n) is 8.17. The van der Waals surface area contributed by atoms with Gasteiger partial charge in [0, 0.05) is 30.9 Å². The van der Waals surface area contributed by atoms with Crippen molar-refractivity contribution in [2.24, 2.45) is 5.92 Å². The summed E-state index contributed by atoms with van der Waals surface area (Å²) in [5.74, 6) is 0.608. The molecule has 5 rings (SSSR count). The van der Waals surface area contributed by atoms with Gasteiger partial charge < -0.3 is 4.57 Å². The largest absolute Gasteiger partial charge is 0.342 e. The minimum absolute atomic E-state index is 0.0895. The van der Waals surface area contributed by atoms with Crippen molar-refractivity contribution in [3.8, 4) is 0 Å². The molecule has 26 heavy (non-hydrogen) atoms. The van der Waals surface area contributed by atoms with Crippen LogP contribution in [0.5, 0.6) is 0 Å². The number of H-pyrrole nitrogens is 2. The van der Waals surface area contributed by atoms with Crippen LogP contribution < -0.4 is 10.4 Å². The summed E-state index contributed by atoms with van der Waals surface area (Å²) in [5.41, 5.74) is 2.14. The first kappa shape index (κ1) is 16.1. The van der Waals surface area contributed by atoms with Gasteiger partial charge in [-0.1, -0.05) is 19.8 Å². The molecule has 2 atom stereocenters. The van der Waals surface area contributed by atoms with Gasteiger partial charge in [0.2, 0.25) is 0 Å². The lowest BCUT2D eigenvalue weighted by atomic mass is 9.91. The van der Waals surface area contributed by atoms with Gasteiger partial charge in [-0.2, -0.15) is 0 Å². The van der Waals surface area contributed by atoms with Gasteiger partial charge in [-0.3, -0.25) is 9.69 Å². The lowest BCUT2D eigenvalue weighted by Crippen LogP contribution is -2.45. The predicted molar refractivity (Wildman–Crippen MR) is 103 cm³/mol. The van der Waals surface area contributed by atoms with E-state index in [4.69, 9.17) is 0 Å². The Balaban J connectivity index is 1.64. The molecule has 0 spiro atoms. The molecule has 3 aromatic heterocycles. The van der Waals surface area contributed by atoms with Crippen LogP contribution in [0.1, 0.15) is 45.1 Å². The Hall–Kier alpha value is -2.14. The third-order valence-electron chi connectivity index (χ3n) is 6.68. The Morgan fingerprint density at radius 3 is 2.85 bits per heavy atom. The molecule has 5 heteroatoms. The zero-order chi connectivity index (χ0) is 17.7. The Kier molecular flexibility index (Phi) is 3.85. The van der Waals surface area contributed by atoms with Crippen LogP contribution >= 0.6 is 0 Å². The van der Waals surface area contributed by atoms with Gasteiger partial charge in [0.1, 0.15) is 6.20 Å². The molecule has 2 aliphatic rings. The maximum atomic E-state index is 12.5. The van der Waals surface area contributed by atoms with E-state index in [9.17, 15) is 4.79 Å². The van der Waals surface area contributed by atoms with E-state index in [0.717, 1.165) is 34.5 Å². The van der Waals surface area contributed by atoms with Gasteiger partial charge >= 0.3 is 0 Å². The number of pyridine rings is 2. The fourth-order valence-corrected chi connectivity index (χ4v) is 5.14. The van der Waals surface area contributed by atoms with Gasteiger partial charge in [-0.05, 0) is 37.8 Å². The summed E-state index contributed by atoms with van der Waals surface area (Å²) < 4.78 is 2.38. The highest BCUT2D eigenvalue weighted by Crippen LogP contribution is 2.35. The van der Waals surface area contributed by atoms with Gasteiger partial charge in [0.15, 0.2) is 5.43 Å². The van der Waals surface area contributed by atoms with Crippen LogP contribution in [0.3, 0.4) is 0 Å². The molecule has 1 aliphatic heterocycles. The first-order chi connectivity index (χ1) is 12.7. The van der Waals surface area contributed by atoms with Crippen molar-refractivity contribution in [3.63, 3.8) is 0 Å². The Morgan fingerprint density at radius 1 is 1.15 bits per heavy atom. The van der Waals surface area contributed by atoms with Crippen molar-refractivity contribution in [3.05, 3.63) is 40.9 Å². The molecule has 0 bridgehead atoms. The molecule has 136 valence electrons. The Labute approximate surface area is 153 Å². The van der Waals surface area contributed by atoms with Crippen LogP contribution in [0.15, 0.2) is 35.5 Å².